The molecule has 0 bridgehead atoms. The Morgan fingerprint density at radius 1 is 0.960 bits per heavy atom. The van der Waals surface area contributed by atoms with Gasteiger partial charge in [0.05, 0.1) is 13.2 Å². The molecule has 0 N–H and O–H groups in total. The number of hydrogen-bond donors (Lipinski definition) is 0. The van der Waals surface area contributed by atoms with Crippen LogP contribution >= 0.6 is 0 Å². The smallest absolute Gasteiger partial charge is 0.119 e. The van der Waals surface area contributed by atoms with Gasteiger partial charge in [0, 0.05) is 13.2 Å². The molecule has 0 heterocycles. The number of nitrogens with zero attached hydrogens (tertiary/aromatic N) is 1. The first-order chi connectivity index (χ1) is 12.4. The van der Waals surface area contributed by atoms with E-state index in [1.165, 1.54) is 7.11 Å². The average Bonchev–Trinajstić information content (AvgIpc) is 2.69. The zero-order chi connectivity index (χ0) is 19.2. The van der Waals surface area contributed by atoms with Crippen molar-refractivity contribution in [2.45, 2.75) is 34.1 Å². The third-order valence-corrected chi connectivity index (χ3v) is 2.51. The minimum Gasteiger partial charge on any atom is -0.491 e. The number of oxime groups is 1. The van der Waals surface area contributed by atoms with Crippen LogP contribution in [0.3, 0.4) is 0 Å². The molecule has 0 saturated heterocycles. The highest BCUT2D eigenvalue weighted by atomic mass is 16.6. The summed E-state index contributed by atoms with van der Waals surface area (Å²) in [4.78, 5) is 4.65. The Morgan fingerprint density at radius 2 is 1.60 bits per heavy atom. The number of hydrogen-bond acceptors (Lipinski definition) is 5. The molecule has 144 valence electrons. The third-order valence-electron chi connectivity index (χ3n) is 2.51. The molecule has 0 aromatic heterocycles. The maximum Gasteiger partial charge on any atom is 0.119 e. The fraction of sp³-hybridized carbons (Fsp3) is 0.550. The Labute approximate surface area is 153 Å². The van der Waals surface area contributed by atoms with Crippen molar-refractivity contribution in [3.63, 3.8) is 0 Å². The van der Waals surface area contributed by atoms with Gasteiger partial charge in [-0.05, 0) is 24.6 Å². The zero-order valence-electron chi connectivity index (χ0n) is 16.5. The third kappa shape index (κ3) is 16.8. The van der Waals surface area contributed by atoms with Crippen LogP contribution in [0.15, 0.2) is 48.1 Å². The Kier molecular flexibility index (Phi) is 22.5. The molecule has 0 spiro atoms. The van der Waals surface area contributed by atoms with Crippen molar-refractivity contribution < 1.29 is 19.0 Å². The maximum absolute atomic E-state index is 5.51. The van der Waals surface area contributed by atoms with Gasteiger partial charge in [0.2, 0.25) is 0 Å². The van der Waals surface area contributed by atoms with Crippen LogP contribution in [-0.4, -0.2) is 45.9 Å². The molecule has 1 rings (SSSR count). The molecule has 0 aliphatic carbocycles. The molecule has 1 aromatic carbocycles. The topological polar surface area (TPSA) is 49.3 Å². The van der Waals surface area contributed by atoms with Crippen molar-refractivity contribution in [2.24, 2.45) is 5.16 Å². The van der Waals surface area contributed by atoms with Crippen LogP contribution in [0.1, 0.15) is 34.1 Å². The molecule has 0 amide bonds. The molecule has 5 nitrogen and oxygen atoms in total. The molecule has 25 heavy (non-hydrogen) atoms. The normalized spacial score (nSPS) is 9.88. The lowest BCUT2D eigenvalue weighted by atomic mass is 10.3. The predicted octanol–water partition coefficient (Wildman–Crippen LogP) is 4.73. The van der Waals surface area contributed by atoms with Crippen molar-refractivity contribution in [2.75, 3.05) is 40.1 Å². The summed E-state index contributed by atoms with van der Waals surface area (Å²) in [6, 6.07) is 9.69. The Hall–Kier alpha value is -1.85. The summed E-state index contributed by atoms with van der Waals surface area (Å²) in [7, 11) is 1.49. The monoisotopic (exact) mass is 353 g/mol. The lowest BCUT2D eigenvalue weighted by Crippen LogP contribution is -2.11. The summed E-state index contributed by atoms with van der Waals surface area (Å²) >= 11 is 0. The van der Waals surface area contributed by atoms with Crippen LogP contribution in [-0.2, 0) is 14.3 Å². The van der Waals surface area contributed by atoms with E-state index < -0.39 is 0 Å². The van der Waals surface area contributed by atoms with Crippen molar-refractivity contribution in [3.05, 3.63) is 43.0 Å². The Bertz CT molecular complexity index is 407. The second kappa shape index (κ2) is 22.1. The van der Waals surface area contributed by atoms with Crippen LogP contribution in [0.5, 0.6) is 5.75 Å². The molecule has 0 radical (unpaired) electrons. The number of para-hydroxylation sites is 1. The zero-order valence-corrected chi connectivity index (χ0v) is 16.5. The van der Waals surface area contributed by atoms with Gasteiger partial charge in [-0.2, -0.15) is 0 Å². The van der Waals surface area contributed by atoms with E-state index in [2.05, 4.69) is 16.6 Å². The fourth-order valence-electron chi connectivity index (χ4n) is 1.52. The first kappa shape index (κ1) is 25.4. The lowest BCUT2D eigenvalue weighted by Gasteiger charge is -2.07. The molecule has 0 aliphatic rings. The Balaban J connectivity index is 0. The van der Waals surface area contributed by atoms with E-state index in [-0.39, 0.29) is 0 Å². The SMILES string of the molecule is C=C/C(COCCCOCCOc1ccccc1)=N\OC.CC.CC. The van der Waals surface area contributed by atoms with Crippen molar-refractivity contribution in [1.82, 2.24) is 0 Å². The number of ether oxygens (including phenoxy) is 3. The van der Waals surface area contributed by atoms with Crippen molar-refractivity contribution in [1.29, 1.82) is 0 Å². The van der Waals surface area contributed by atoms with Crippen LogP contribution in [0.2, 0.25) is 0 Å². The summed E-state index contributed by atoms with van der Waals surface area (Å²) in [6.07, 6.45) is 2.43. The van der Waals surface area contributed by atoms with Gasteiger partial charge in [0.1, 0.15) is 25.2 Å². The number of benzene rings is 1. The van der Waals surface area contributed by atoms with E-state index >= 15 is 0 Å². The van der Waals surface area contributed by atoms with Crippen molar-refractivity contribution in [3.8, 4) is 5.75 Å². The summed E-state index contributed by atoms with van der Waals surface area (Å²) in [5.41, 5.74) is 0.676. The molecule has 0 unspecified atom stereocenters. The average molecular weight is 354 g/mol. The molecular formula is C20H35NO4. The minimum absolute atomic E-state index is 0.397. The van der Waals surface area contributed by atoms with Gasteiger partial charge in [0.15, 0.2) is 0 Å². The number of rotatable bonds is 12. The summed E-state index contributed by atoms with van der Waals surface area (Å²) in [5.74, 6) is 0.860. The van der Waals surface area contributed by atoms with Gasteiger partial charge in [-0.25, -0.2) is 0 Å². The van der Waals surface area contributed by atoms with E-state index in [1.807, 2.05) is 58.0 Å². The van der Waals surface area contributed by atoms with E-state index in [9.17, 15) is 0 Å². The predicted molar refractivity (Wildman–Crippen MR) is 106 cm³/mol. The largest absolute Gasteiger partial charge is 0.491 e. The first-order valence-electron chi connectivity index (χ1n) is 8.92. The van der Waals surface area contributed by atoms with Gasteiger partial charge in [-0.3, -0.25) is 0 Å². The highest BCUT2D eigenvalue weighted by Crippen LogP contribution is 2.07. The van der Waals surface area contributed by atoms with Gasteiger partial charge in [-0.1, -0.05) is 57.6 Å². The van der Waals surface area contributed by atoms with Gasteiger partial charge in [-0.15, -0.1) is 0 Å². The molecule has 0 saturated carbocycles. The quantitative estimate of drug-likeness (QED) is 0.310. The molecule has 0 fully saturated rings. The summed E-state index contributed by atoms with van der Waals surface area (Å²) in [6.45, 7) is 14.4. The highest BCUT2D eigenvalue weighted by molar-refractivity contribution is 5.95. The van der Waals surface area contributed by atoms with Crippen LogP contribution in [0.4, 0.5) is 0 Å². The highest BCUT2D eigenvalue weighted by Gasteiger charge is 1.96. The van der Waals surface area contributed by atoms with Crippen LogP contribution in [0, 0.1) is 0 Å². The van der Waals surface area contributed by atoms with E-state index in [4.69, 9.17) is 14.2 Å². The molecule has 0 aliphatic heterocycles. The maximum atomic E-state index is 5.51. The van der Waals surface area contributed by atoms with E-state index in [1.54, 1.807) is 6.08 Å². The molecule has 5 heteroatoms. The second-order valence-corrected chi connectivity index (χ2v) is 4.15. The van der Waals surface area contributed by atoms with Gasteiger partial charge >= 0.3 is 0 Å². The molecule has 1 aromatic rings. The first-order valence-corrected chi connectivity index (χ1v) is 8.92. The van der Waals surface area contributed by atoms with Crippen LogP contribution in [0.25, 0.3) is 0 Å². The van der Waals surface area contributed by atoms with Gasteiger partial charge in [0.25, 0.3) is 0 Å². The van der Waals surface area contributed by atoms with Crippen molar-refractivity contribution >= 4 is 5.71 Å². The van der Waals surface area contributed by atoms with E-state index in [0.29, 0.717) is 38.7 Å². The van der Waals surface area contributed by atoms with E-state index in [0.717, 1.165) is 12.2 Å². The van der Waals surface area contributed by atoms with Gasteiger partial charge < -0.3 is 19.0 Å². The molecular weight excluding hydrogens is 318 g/mol. The second-order valence-electron chi connectivity index (χ2n) is 4.15. The summed E-state index contributed by atoms with van der Waals surface area (Å²) < 4.78 is 16.4. The minimum atomic E-state index is 0.397. The summed E-state index contributed by atoms with van der Waals surface area (Å²) in [5, 5.41) is 3.76. The molecule has 0 atom stereocenters. The Morgan fingerprint density at radius 3 is 2.20 bits per heavy atom. The standard InChI is InChI=1S/C16H23NO4.2C2H6/c1-3-15(17-18-2)14-20-11-7-10-19-12-13-21-16-8-5-4-6-9-16;2*1-2/h3-6,8-9H,1,7,10-14H2,2H3;2*1-2H3/b17-15+;;. The van der Waals surface area contributed by atoms with Crippen LogP contribution < -0.4 is 4.74 Å². The lowest BCUT2D eigenvalue weighted by molar-refractivity contribution is 0.0761. The fourth-order valence-corrected chi connectivity index (χ4v) is 1.52.